The van der Waals surface area contributed by atoms with E-state index in [-0.39, 0.29) is 30.5 Å². The average Bonchev–Trinajstić information content (AvgIpc) is 2.86. The SMILES string of the molecule is CCC(F)(F)c1ccc(-c2cnc(NC3CCN(C(=O)OC(C)(C)C)C(=O)C3C)c3nccnc23)cc1. The summed E-state index contributed by atoms with van der Waals surface area (Å²) in [6.45, 7) is 8.68. The van der Waals surface area contributed by atoms with Crippen LogP contribution in [0.3, 0.4) is 0 Å². The Labute approximate surface area is 214 Å². The highest BCUT2D eigenvalue weighted by atomic mass is 19.3. The Balaban J connectivity index is 1.58. The van der Waals surface area contributed by atoms with E-state index in [1.807, 2.05) is 0 Å². The topological polar surface area (TPSA) is 97.3 Å². The van der Waals surface area contributed by atoms with E-state index in [4.69, 9.17) is 4.74 Å². The summed E-state index contributed by atoms with van der Waals surface area (Å²) in [5, 5.41) is 3.31. The monoisotopic (exact) mass is 511 g/mol. The number of hydrogen-bond donors (Lipinski definition) is 1. The molecule has 0 radical (unpaired) electrons. The standard InChI is InChI=1S/C27H31F2N5O3/c1-6-27(28,29)18-9-7-17(8-10-18)19-15-32-23(22-21(19)30-12-13-31-22)33-20-11-14-34(24(35)16(20)2)25(36)37-26(3,4)5/h7-10,12-13,15-16,20H,6,11,14H2,1-5H3,(H,32,33). The number of likely N-dealkylation sites (tertiary alicyclic amines) is 1. The summed E-state index contributed by atoms with van der Waals surface area (Å²) in [6.07, 6.45) is 4.30. The highest BCUT2D eigenvalue weighted by molar-refractivity contribution is 5.97. The molecule has 2 unspecified atom stereocenters. The van der Waals surface area contributed by atoms with E-state index in [0.29, 0.717) is 34.4 Å². The molecule has 10 heteroatoms. The third-order valence-electron chi connectivity index (χ3n) is 6.42. The Hall–Kier alpha value is -3.69. The molecule has 37 heavy (non-hydrogen) atoms. The minimum atomic E-state index is -2.89. The van der Waals surface area contributed by atoms with Gasteiger partial charge in [-0.1, -0.05) is 38.1 Å². The lowest BCUT2D eigenvalue weighted by Gasteiger charge is -2.36. The fourth-order valence-corrected chi connectivity index (χ4v) is 4.29. The van der Waals surface area contributed by atoms with Crippen molar-refractivity contribution in [3.63, 3.8) is 0 Å². The van der Waals surface area contributed by atoms with Gasteiger partial charge in [-0.2, -0.15) is 0 Å². The van der Waals surface area contributed by atoms with Crippen LogP contribution < -0.4 is 5.32 Å². The largest absolute Gasteiger partial charge is 0.443 e. The molecule has 1 saturated heterocycles. The van der Waals surface area contributed by atoms with Crippen molar-refractivity contribution in [2.75, 3.05) is 11.9 Å². The number of piperidine rings is 1. The van der Waals surface area contributed by atoms with E-state index >= 15 is 0 Å². The maximum atomic E-state index is 14.1. The van der Waals surface area contributed by atoms with Crippen molar-refractivity contribution in [2.45, 2.75) is 65.0 Å². The van der Waals surface area contributed by atoms with E-state index in [1.165, 1.54) is 19.1 Å². The lowest BCUT2D eigenvalue weighted by molar-refractivity contribution is -0.137. The smallest absolute Gasteiger partial charge is 0.417 e. The second kappa shape index (κ2) is 9.99. The molecule has 0 spiro atoms. The molecule has 3 heterocycles. The first-order valence-corrected chi connectivity index (χ1v) is 12.3. The van der Waals surface area contributed by atoms with Crippen molar-refractivity contribution < 1.29 is 23.1 Å². The van der Waals surface area contributed by atoms with E-state index in [2.05, 4.69) is 20.3 Å². The molecule has 1 fully saturated rings. The van der Waals surface area contributed by atoms with E-state index in [9.17, 15) is 18.4 Å². The fraction of sp³-hybridized carbons (Fsp3) is 0.444. The van der Waals surface area contributed by atoms with Crippen molar-refractivity contribution >= 4 is 28.9 Å². The Morgan fingerprint density at radius 3 is 2.38 bits per heavy atom. The number of amides is 2. The number of fused-ring (bicyclic) bond motifs is 1. The van der Waals surface area contributed by atoms with E-state index in [1.54, 1.807) is 58.4 Å². The highest BCUT2D eigenvalue weighted by Crippen LogP contribution is 2.35. The third kappa shape index (κ3) is 5.52. The van der Waals surface area contributed by atoms with Gasteiger partial charge in [0.2, 0.25) is 5.91 Å². The molecule has 0 saturated carbocycles. The second-order valence-electron chi connectivity index (χ2n) is 10.2. The lowest BCUT2D eigenvalue weighted by atomic mass is 9.93. The quantitative estimate of drug-likeness (QED) is 0.464. The summed E-state index contributed by atoms with van der Waals surface area (Å²) < 4.78 is 33.5. The number of anilines is 1. The lowest BCUT2D eigenvalue weighted by Crippen LogP contribution is -2.52. The average molecular weight is 512 g/mol. The summed E-state index contributed by atoms with van der Waals surface area (Å²) in [4.78, 5) is 40.0. The molecule has 1 aliphatic heterocycles. The summed E-state index contributed by atoms with van der Waals surface area (Å²) in [7, 11) is 0. The maximum Gasteiger partial charge on any atom is 0.417 e. The summed E-state index contributed by atoms with van der Waals surface area (Å²) in [6, 6.07) is 5.80. The number of halogens is 2. The first-order chi connectivity index (χ1) is 17.4. The molecule has 0 bridgehead atoms. The second-order valence-corrected chi connectivity index (χ2v) is 10.2. The number of benzene rings is 1. The molecule has 1 aliphatic rings. The molecule has 2 amide bonds. The first-order valence-electron chi connectivity index (χ1n) is 12.3. The number of hydrogen-bond acceptors (Lipinski definition) is 7. The molecular formula is C27H31F2N5O3. The minimum absolute atomic E-state index is 0.0447. The molecule has 2 aromatic heterocycles. The van der Waals surface area contributed by atoms with Crippen molar-refractivity contribution in [1.82, 2.24) is 19.9 Å². The van der Waals surface area contributed by atoms with Crippen molar-refractivity contribution in [3.05, 3.63) is 48.4 Å². The number of alkyl halides is 2. The number of pyridine rings is 1. The normalized spacial score (nSPS) is 18.7. The van der Waals surface area contributed by atoms with Gasteiger partial charge in [0.1, 0.15) is 16.6 Å². The van der Waals surface area contributed by atoms with Crippen LogP contribution in [0.4, 0.5) is 19.4 Å². The van der Waals surface area contributed by atoms with Gasteiger partial charge in [-0.05, 0) is 32.8 Å². The van der Waals surface area contributed by atoms with Gasteiger partial charge in [-0.15, -0.1) is 0 Å². The van der Waals surface area contributed by atoms with Crippen LogP contribution in [0.1, 0.15) is 53.0 Å². The molecule has 1 aromatic carbocycles. The first kappa shape index (κ1) is 26.4. The molecule has 3 aromatic rings. The molecule has 2 atom stereocenters. The van der Waals surface area contributed by atoms with Gasteiger partial charge in [-0.25, -0.2) is 28.4 Å². The van der Waals surface area contributed by atoms with Crippen molar-refractivity contribution in [3.8, 4) is 11.1 Å². The Morgan fingerprint density at radius 2 is 1.76 bits per heavy atom. The van der Waals surface area contributed by atoms with Crippen LogP contribution in [0.15, 0.2) is 42.9 Å². The summed E-state index contributed by atoms with van der Waals surface area (Å²) in [5.41, 5.74) is 1.66. The van der Waals surface area contributed by atoms with Gasteiger partial charge < -0.3 is 10.1 Å². The predicted octanol–water partition coefficient (Wildman–Crippen LogP) is 5.78. The number of nitrogens with one attached hydrogen (secondary N) is 1. The van der Waals surface area contributed by atoms with Gasteiger partial charge in [0, 0.05) is 48.7 Å². The maximum absolute atomic E-state index is 14.1. The number of aromatic nitrogens is 3. The van der Waals surface area contributed by atoms with Gasteiger partial charge in [0.05, 0.1) is 5.92 Å². The molecular weight excluding hydrogens is 480 g/mol. The number of nitrogens with zero attached hydrogens (tertiary/aromatic N) is 4. The van der Waals surface area contributed by atoms with Gasteiger partial charge in [0.15, 0.2) is 5.82 Å². The number of ether oxygens (including phenoxy) is 1. The van der Waals surface area contributed by atoms with Crippen LogP contribution in [0.5, 0.6) is 0 Å². The molecule has 0 aliphatic carbocycles. The number of rotatable bonds is 5. The summed E-state index contributed by atoms with van der Waals surface area (Å²) >= 11 is 0. The minimum Gasteiger partial charge on any atom is -0.443 e. The van der Waals surface area contributed by atoms with Crippen LogP contribution in [0.25, 0.3) is 22.2 Å². The van der Waals surface area contributed by atoms with Crippen LogP contribution >= 0.6 is 0 Å². The van der Waals surface area contributed by atoms with Gasteiger partial charge in [-0.3, -0.25) is 9.78 Å². The van der Waals surface area contributed by atoms with Crippen LogP contribution in [0.2, 0.25) is 0 Å². The zero-order chi connectivity index (χ0) is 27.0. The molecule has 196 valence electrons. The number of carbonyl (C=O) groups excluding carboxylic acids is 2. The Kier molecular flexibility index (Phi) is 7.12. The van der Waals surface area contributed by atoms with Crippen molar-refractivity contribution in [1.29, 1.82) is 0 Å². The van der Waals surface area contributed by atoms with E-state index < -0.39 is 23.5 Å². The predicted molar refractivity (Wildman–Crippen MR) is 136 cm³/mol. The zero-order valence-corrected chi connectivity index (χ0v) is 21.6. The zero-order valence-electron chi connectivity index (χ0n) is 21.6. The highest BCUT2D eigenvalue weighted by Gasteiger charge is 2.38. The van der Waals surface area contributed by atoms with E-state index in [0.717, 1.165) is 4.90 Å². The van der Waals surface area contributed by atoms with Gasteiger partial charge in [0.25, 0.3) is 5.92 Å². The molecule has 8 nitrogen and oxygen atoms in total. The number of carbonyl (C=O) groups is 2. The fourth-order valence-electron chi connectivity index (χ4n) is 4.29. The third-order valence-corrected chi connectivity index (χ3v) is 6.42. The molecule has 4 rings (SSSR count). The van der Waals surface area contributed by atoms with Gasteiger partial charge >= 0.3 is 6.09 Å². The number of imide groups is 1. The van der Waals surface area contributed by atoms with Crippen molar-refractivity contribution in [2.24, 2.45) is 5.92 Å². The summed E-state index contributed by atoms with van der Waals surface area (Å²) in [5.74, 6) is -3.27. The molecule has 1 N–H and O–H groups in total. The van der Waals surface area contributed by atoms with Crippen LogP contribution in [-0.4, -0.2) is 50.0 Å². The van der Waals surface area contributed by atoms with Crippen LogP contribution in [-0.2, 0) is 15.5 Å². The Morgan fingerprint density at radius 1 is 1.11 bits per heavy atom. The Bertz CT molecular complexity index is 1310. The van der Waals surface area contributed by atoms with Crippen LogP contribution in [0, 0.1) is 5.92 Å².